The van der Waals surface area contributed by atoms with Crippen molar-refractivity contribution in [3.8, 4) is 11.4 Å². The number of nitrogens with one attached hydrogen (secondary N) is 1. The van der Waals surface area contributed by atoms with E-state index < -0.39 is 0 Å². The van der Waals surface area contributed by atoms with Gasteiger partial charge in [0.15, 0.2) is 0 Å². The maximum Gasteiger partial charge on any atom is 0.251 e. The Morgan fingerprint density at radius 1 is 1.36 bits per heavy atom. The Bertz CT molecular complexity index is 696. The first-order valence-electron chi connectivity index (χ1n) is 7.47. The normalized spacial score (nSPS) is 26.3. The fourth-order valence-corrected chi connectivity index (χ4v) is 3.19. The third kappa shape index (κ3) is 2.27. The summed E-state index contributed by atoms with van der Waals surface area (Å²) in [7, 11) is 1.72. The van der Waals surface area contributed by atoms with Crippen LogP contribution in [-0.2, 0) is 11.8 Å². The van der Waals surface area contributed by atoms with Gasteiger partial charge in [0.2, 0.25) is 5.82 Å². The lowest BCUT2D eigenvalue weighted by Gasteiger charge is -2.39. The van der Waals surface area contributed by atoms with Gasteiger partial charge in [-0.15, -0.1) is 10.2 Å². The maximum absolute atomic E-state index is 12.3. The maximum atomic E-state index is 12.3. The van der Waals surface area contributed by atoms with E-state index >= 15 is 0 Å². The number of rotatable bonds is 3. The topological polar surface area (TPSA) is 81.9 Å². The number of aromatic nitrogens is 4. The number of amides is 1. The van der Waals surface area contributed by atoms with Crippen molar-refractivity contribution in [3.05, 3.63) is 29.8 Å². The molecule has 7 nitrogen and oxygen atoms in total. The molecule has 2 aromatic rings. The van der Waals surface area contributed by atoms with E-state index in [9.17, 15) is 4.79 Å². The number of carbonyl (C=O) groups excluding carboxylic acids is 1. The van der Waals surface area contributed by atoms with Crippen molar-refractivity contribution in [1.29, 1.82) is 0 Å². The molecule has 114 valence electrons. The highest BCUT2D eigenvalue weighted by molar-refractivity contribution is 5.94. The molecule has 7 heteroatoms. The minimum absolute atomic E-state index is 0.0333. The van der Waals surface area contributed by atoms with E-state index in [0.29, 0.717) is 23.4 Å². The lowest BCUT2D eigenvalue weighted by molar-refractivity contribution is 0.00810. The molecule has 2 fully saturated rings. The second-order valence-corrected chi connectivity index (χ2v) is 5.86. The van der Waals surface area contributed by atoms with Crippen molar-refractivity contribution >= 4 is 5.91 Å². The third-order valence-corrected chi connectivity index (χ3v) is 4.49. The smallest absolute Gasteiger partial charge is 0.251 e. The highest BCUT2D eigenvalue weighted by Gasteiger charge is 2.45. The SMILES string of the molecule is Cn1nnc(-c2ccc(C(=O)N[C@@H]3C[C@H]4OCC[C@@H]34)cc2)n1. The summed E-state index contributed by atoms with van der Waals surface area (Å²) in [6, 6.07) is 7.52. The predicted molar refractivity (Wildman–Crippen MR) is 78.0 cm³/mol. The molecule has 1 aliphatic heterocycles. The Morgan fingerprint density at radius 3 is 2.86 bits per heavy atom. The van der Waals surface area contributed by atoms with Gasteiger partial charge >= 0.3 is 0 Å². The lowest BCUT2D eigenvalue weighted by atomic mass is 9.76. The summed E-state index contributed by atoms with van der Waals surface area (Å²) >= 11 is 0. The second kappa shape index (κ2) is 5.17. The van der Waals surface area contributed by atoms with Crippen LogP contribution in [0, 0.1) is 5.92 Å². The molecular weight excluding hydrogens is 282 g/mol. The van der Waals surface area contributed by atoms with Gasteiger partial charge in [0.25, 0.3) is 5.91 Å². The van der Waals surface area contributed by atoms with E-state index in [2.05, 4.69) is 20.7 Å². The van der Waals surface area contributed by atoms with Gasteiger partial charge in [0, 0.05) is 29.7 Å². The van der Waals surface area contributed by atoms with Crippen LogP contribution in [0.3, 0.4) is 0 Å². The second-order valence-electron chi connectivity index (χ2n) is 5.86. The first kappa shape index (κ1) is 13.4. The molecule has 0 radical (unpaired) electrons. The zero-order valence-electron chi connectivity index (χ0n) is 12.3. The van der Waals surface area contributed by atoms with E-state index in [1.165, 1.54) is 4.80 Å². The van der Waals surface area contributed by atoms with Crippen LogP contribution in [0.4, 0.5) is 0 Å². The number of benzene rings is 1. The average molecular weight is 299 g/mol. The van der Waals surface area contributed by atoms with Crippen LogP contribution >= 0.6 is 0 Å². The molecule has 0 unspecified atom stereocenters. The molecule has 1 saturated carbocycles. The first-order chi connectivity index (χ1) is 10.7. The molecule has 1 N–H and O–H groups in total. The minimum atomic E-state index is -0.0333. The van der Waals surface area contributed by atoms with Gasteiger partial charge in [0.05, 0.1) is 13.2 Å². The number of fused-ring (bicyclic) bond motifs is 1. The molecule has 2 heterocycles. The number of tetrazole rings is 1. The fraction of sp³-hybridized carbons (Fsp3) is 0.467. The van der Waals surface area contributed by atoms with Gasteiger partial charge in [-0.3, -0.25) is 4.79 Å². The van der Waals surface area contributed by atoms with Crippen LogP contribution in [0.25, 0.3) is 11.4 Å². The van der Waals surface area contributed by atoms with Crippen LogP contribution in [-0.4, -0.2) is 44.9 Å². The van der Waals surface area contributed by atoms with Gasteiger partial charge in [0.1, 0.15) is 0 Å². The van der Waals surface area contributed by atoms with Crippen molar-refractivity contribution in [1.82, 2.24) is 25.5 Å². The van der Waals surface area contributed by atoms with Gasteiger partial charge in [-0.05, 0) is 30.2 Å². The summed E-state index contributed by atoms with van der Waals surface area (Å²) in [6.45, 7) is 0.821. The Balaban J connectivity index is 1.43. The van der Waals surface area contributed by atoms with Crippen LogP contribution in [0.5, 0.6) is 0 Å². The van der Waals surface area contributed by atoms with E-state index in [1.807, 2.05) is 12.1 Å². The lowest BCUT2D eigenvalue weighted by Crippen LogP contribution is -2.53. The summed E-state index contributed by atoms with van der Waals surface area (Å²) in [5, 5.41) is 15.0. The standard InChI is InChI=1S/C15H17N5O2/c1-20-18-14(17-19-20)9-2-4-10(5-3-9)15(21)16-12-8-13-11(12)6-7-22-13/h2-5,11-13H,6-8H2,1H3,(H,16,21)/t11-,12+,13+/m0/s1. The van der Waals surface area contributed by atoms with Gasteiger partial charge in [-0.2, -0.15) is 4.80 Å². The molecule has 22 heavy (non-hydrogen) atoms. The molecular formula is C15H17N5O2. The number of ether oxygens (including phenoxy) is 1. The van der Waals surface area contributed by atoms with Crippen LogP contribution in [0.15, 0.2) is 24.3 Å². The number of aryl methyl sites for hydroxylation is 1. The molecule has 3 atom stereocenters. The number of carbonyl (C=O) groups is 1. The average Bonchev–Trinajstić information content (AvgIpc) is 3.11. The van der Waals surface area contributed by atoms with Crippen molar-refractivity contribution in [2.75, 3.05) is 6.61 Å². The number of hydrogen-bond donors (Lipinski definition) is 1. The Morgan fingerprint density at radius 2 is 2.18 bits per heavy atom. The molecule has 1 aromatic heterocycles. The van der Waals surface area contributed by atoms with E-state index in [0.717, 1.165) is 25.0 Å². The Labute approximate surface area is 127 Å². The Hall–Kier alpha value is -2.28. The van der Waals surface area contributed by atoms with E-state index in [-0.39, 0.29) is 11.9 Å². The van der Waals surface area contributed by atoms with E-state index in [4.69, 9.17) is 4.74 Å². The Kier molecular flexibility index (Phi) is 3.15. The van der Waals surface area contributed by atoms with Gasteiger partial charge < -0.3 is 10.1 Å². The first-order valence-corrected chi connectivity index (χ1v) is 7.47. The van der Waals surface area contributed by atoms with Gasteiger partial charge in [-0.25, -0.2) is 0 Å². The van der Waals surface area contributed by atoms with Crippen molar-refractivity contribution in [2.45, 2.75) is 25.0 Å². The summed E-state index contributed by atoms with van der Waals surface area (Å²) in [6.07, 6.45) is 2.33. The molecule has 1 aliphatic carbocycles. The molecule has 1 saturated heterocycles. The molecule has 2 aliphatic rings. The van der Waals surface area contributed by atoms with Crippen LogP contribution < -0.4 is 5.32 Å². The summed E-state index contributed by atoms with van der Waals surface area (Å²) in [5.41, 5.74) is 1.49. The van der Waals surface area contributed by atoms with Crippen molar-refractivity contribution in [3.63, 3.8) is 0 Å². The number of hydrogen-bond acceptors (Lipinski definition) is 5. The van der Waals surface area contributed by atoms with Crippen LogP contribution in [0.2, 0.25) is 0 Å². The van der Waals surface area contributed by atoms with Crippen molar-refractivity contribution < 1.29 is 9.53 Å². The highest BCUT2D eigenvalue weighted by atomic mass is 16.5. The molecule has 0 bridgehead atoms. The van der Waals surface area contributed by atoms with Crippen molar-refractivity contribution in [2.24, 2.45) is 13.0 Å². The van der Waals surface area contributed by atoms with E-state index in [1.54, 1.807) is 19.2 Å². The largest absolute Gasteiger partial charge is 0.378 e. The summed E-state index contributed by atoms with van der Waals surface area (Å²) < 4.78 is 5.56. The summed E-state index contributed by atoms with van der Waals surface area (Å²) in [4.78, 5) is 13.7. The quantitative estimate of drug-likeness (QED) is 0.906. The zero-order valence-corrected chi connectivity index (χ0v) is 12.3. The predicted octanol–water partition coefficient (Wildman–Crippen LogP) is 0.784. The van der Waals surface area contributed by atoms with Gasteiger partial charge in [-0.1, -0.05) is 12.1 Å². The minimum Gasteiger partial charge on any atom is -0.378 e. The number of nitrogens with zero attached hydrogens (tertiary/aromatic N) is 4. The molecule has 1 amide bonds. The monoisotopic (exact) mass is 299 g/mol. The molecule has 1 aromatic carbocycles. The zero-order chi connectivity index (χ0) is 15.1. The highest BCUT2D eigenvalue weighted by Crippen LogP contribution is 2.38. The molecule has 4 rings (SSSR count). The third-order valence-electron chi connectivity index (χ3n) is 4.49. The fourth-order valence-electron chi connectivity index (χ4n) is 3.19. The molecule has 0 spiro atoms. The summed E-state index contributed by atoms with van der Waals surface area (Å²) in [5.74, 6) is 1.01. The van der Waals surface area contributed by atoms with Crippen LogP contribution in [0.1, 0.15) is 23.2 Å².